The second-order valence-electron chi connectivity index (χ2n) is 7.29. The minimum atomic E-state index is -0.901. The van der Waals surface area contributed by atoms with Gasteiger partial charge >= 0.3 is 0 Å². The smallest absolute Gasteiger partial charge is 0.239 e. The molecule has 1 aromatic rings. The van der Waals surface area contributed by atoms with Crippen LogP contribution in [0.4, 0.5) is 8.78 Å². The summed E-state index contributed by atoms with van der Waals surface area (Å²) in [7, 11) is 0. The number of rotatable bonds is 3. The van der Waals surface area contributed by atoms with E-state index in [9.17, 15) is 18.4 Å². The fourth-order valence-electron chi connectivity index (χ4n) is 3.81. The van der Waals surface area contributed by atoms with Gasteiger partial charge in [-0.2, -0.15) is 0 Å². The molecule has 0 aliphatic carbocycles. The topological polar surface area (TPSA) is 66.6 Å². The third-order valence-corrected chi connectivity index (χ3v) is 5.29. The van der Waals surface area contributed by atoms with Crippen LogP contribution in [0.25, 0.3) is 0 Å². The highest BCUT2D eigenvalue weighted by Crippen LogP contribution is 2.41. The van der Waals surface area contributed by atoms with Crippen molar-refractivity contribution in [3.8, 4) is 0 Å². The summed E-state index contributed by atoms with van der Waals surface area (Å²) < 4.78 is 26.4. The van der Waals surface area contributed by atoms with Crippen LogP contribution >= 0.6 is 12.4 Å². The van der Waals surface area contributed by atoms with Gasteiger partial charge in [0.1, 0.15) is 0 Å². The van der Waals surface area contributed by atoms with Crippen LogP contribution in [0.1, 0.15) is 31.7 Å². The molecule has 0 aromatic heterocycles. The van der Waals surface area contributed by atoms with Crippen molar-refractivity contribution in [3.05, 3.63) is 35.4 Å². The van der Waals surface area contributed by atoms with Crippen molar-refractivity contribution < 1.29 is 18.4 Å². The Morgan fingerprint density at radius 2 is 1.92 bits per heavy atom. The van der Waals surface area contributed by atoms with Gasteiger partial charge in [-0.05, 0) is 37.5 Å². The lowest BCUT2D eigenvalue weighted by molar-refractivity contribution is -0.134. The van der Waals surface area contributed by atoms with Crippen molar-refractivity contribution in [1.82, 2.24) is 9.80 Å². The number of hydrogen-bond acceptors (Lipinski definition) is 3. The Kier molecular flexibility index (Phi) is 6.24. The van der Waals surface area contributed by atoms with Gasteiger partial charge in [0.05, 0.1) is 6.04 Å². The normalized spacial score (nSPS) is 20.2. The average molecular weight is 388 g/mol. The molecule has 5 nitrogen and oxygen atoms in total. The molecule has 2 amide bonds. The number of benzene rings is 1. The molecule has 2 saturated heterocycles. The molecule has 1 aromatic carbocycles. The van der Waals surface area contributed by atoms with Gasteiger partial charge in [0.15, 0.2) is 11.6 Å². The quantitative estimate of drug-likeness (QED) is 0.863. The Hall–Kier alpha value is -1.73. The van der Waals surface area contributed by atoms with Crippen molar-refractivity contribution in [2.24, 2.45) is 11.1 Å². The SMILES string of the molecule is C[C@@H](N)C(=O)N1CCC2(CC1)CC(=O)N(Cc1ccc(F)c(F)c1)C2.Cl. The summed E-state index contributed by atoms with van der Waals surface area (Å²) in [6.07, 6.45) is 1.95. The lowest BCUT2D eigenvalue weighted by atomic mass is 9.77. The Bertz CT molecular complexity index is 691. The van der Waals surface area contributed by atoms with Gasteiger partial charge < -0.3 is 15.5 Å². The maximum absolute atomic E-state index is 13.4. The molecule has 3 rings (SSSR count). The number of nitrogens with two attached hydrogens (primary N) is 1. The third-order valence-electron chi connectivity index (χ3n) is 5.29. The molecule has 0 bridgehead atoms. The van der Waals surface area contributed by atoms with E-state index in [1.165, 1.54) is 6.07 Å². The average Bonchev–Trinajstić information content (AvgIpc) is 2.86. The number of piperidine rings is 1. The van der Waals surface area contributed by atoms with Crippen molar-refractivity contribution in [1.29, 1.82) is 0 Å². The van der Waals surface area contributed by atoms with Crippen molar-refractivity contribution in [2.75, 3.05) is 19.6 Å². The Morgan fingerprint density at radius 1 is 1.27 bits per heavy atom. The van der Waals surface area contributed by atoms with Crippen LogP contribution in [-0.4, -0.2) is 47.3 Å². The molecule has 144 valence electrons. The van der Waals surface area contributed by atoms with E-state index in [1.807, 2.05) is 0 Å². The molecule has 0 unspecified atom stereocenters. The molecular formula is C18H24ClF2N3O2. The predicted molar refractivity (Wildman–Crippen MR) is 95.5 cm³/mol. The molecule has 8 heteroatoms. The van der Waals surface area contributed by atoms with Crippen LogP contribution in [0.2, 0.25) is 0 Å². The largest absolute Gasteiger partial charge is 0.341 e. The fraction of sp³-hybridized carbons (Fsp3) is 0.556. The van der Waals surface area contributed by atoms with Gasteiger partial charge in [-0.1, -0.05) is 6.07 Å². The van der Waals surface area contributed by atoms with Crippen molar-refractivity contribution in [3.63, 3.8) is 0 Å². The molecule has 0 saturated carbocycles. The molecule has 1 atom stereocenters. The van der Waals surface area contributed by atoms with Gasteiger partial charge in [0.25, 0.3) is 0 Å². The number of carbonyl (C=O) groups excluding carboxylic acids is 2. The maximum atomic E-state index is 13.4. The third kappa shape index (κ3) is 4.15. The van der Waals surface area contributed by atoms with Crippen molar-refractivity contribution >= 4 is 24.2 Å². The Morgan fingerprint density at radius 3 is 2.50 bits per heavy atom. The summed E-state index contributed by atoms with van der Waals surface area (Å²) in [6, 6.07) is 3.21. The van der Waals surface area contributed by atoms with Crippen LogP contribution in [0.15, 0.2) is 18.2 Å². The fourth-order valence-corrected chi connectivity index (χ4v) is 3.81. The predicted octanol–water partition coefficient (Wildman–Crippen LogP) is 2.07. The maximum Gasteiger partial charge on any atom is 0.239 e. The van der Waals surface area contributed by atoms with Gasteiger partial charge in [-0.25, -0.2) is 8.78 Å². The zero-order valence-electron chi connectivity index (χ0n) is 14.7. The molecule has 2 aliphatic rings. The van der Waals surface area contributed by atoms with Crippen LogP contribution in [-0.2, 0) is 16.1 Å². The van der Waals surface area contributed by atoms with Gasteiger partial charge in [0.2, 0.25) is 11.8 Å². The second-order valence-corrected chi connectivity index (χ2v) is 7.29. The van der Waals surface area contributed by atoms with E-state index >= 15 is 0 Å². The van der Waals surface area contributed by atoms with E-state index in [4.69, 9.17) is 5.73 Å². The van der Waals surface area contributed by atoms with E-state index in [0.717, 1.165) is 25.0 Å². The molecule has 2 fully saturated rings. The van der Waals surface area contributed by atoms with Crippen LogP contribution in [0.5, 0.6) is 0 Å². The molecule has 0 radical (unpaired) electrons. The Labute approximate surface area is 157 Å². The highest BCUT2D eigenvalue weighted by Gasteiger charge is 2.45. The van der Waals surface area contributed by atoms with E-state index in [2.05, 4.69) is 0 Å². The van der Waals surface area contributed by atoms with Crippen molar-refractivity contribution in [2.45, 2.75) is 38.8 Å². The second kappa shape index (κ2) is 7.88. The first-order valence-electron chi connectivity index (χ1n) is 8.56. The van der Waals surface area contributed by atoms with Gasteiger partial charge in [0, 0.05) is 38.0 Å². The zero-order chi connectivity index (χ0) is 18.2. The van der Waals surface area contributed by atoms with Crippen LogP contribution in [0, 0.1) is 17.0 Å². The van der Waals surface area contributed by atoms with Crippen LogP contribution in [0.3, 0.4) is 0 Å². The number of halogens is 3. The number of nitrogens with zero attached hydrogens (tertiary/aromatic N) is 2. The molecular weight excluding hydrogens is 364 g/mol. The zero-order valence-corrected chi connectivity index (χ0v) is 15.5. The molecule has 1 spiro atoms. The summed E-state index contributed by atoms with van der Waals surface area (Å²) in [5.74, 6) is -1.82. The molecule has 2 aliphatic heterocycles. The van der Waals surface area contributed by atoms with Crippen LogP contribution < -0.4 is 5.73 Å². The summed E-state index contributed by atoms with van der Waals surface area (Å²) >= 11 is 0. The Balaban J connectivity index is 0.00000243. The first-order valence-corrected chi connectivity index (χ1v) is 8.56. The summed E-state index contributed by atoms with van der Waals surface area (Å²) in [6.45, 7) is 3.75. The number of carbonyl (C=O) groups is 2. The first-order chi connectivity index (χ1) is 11.8. The summed E-state index contributed by atoms with van der Waals surface area (Å²) in [5, 5.41) is 0. The van der Waals surface area contributed by atoms with E-state index in [1.54, 1.807) is 16.7 Å². The van der Waals surface area contributed by atoms with E-state index < -0.39 is 17.7 Å². The minimum absolute atomic E-state index is 0. The number of amides is 2. The highest BCUT2D eigenvalue weighted by molar-refractivity contribution is 5.85. The molecule has 2 heterocycles. The summed E-state index contributed by atoms with van der Waals surface area (Å²) in [4.78, 5) is 27.8. The monoisotopic (exact) mass is 387 g/mol. The molecule has 2 N–H and O–H groups in total. The lowest BCUT2D eigenvalue weighted by Crippen LogP contribution is -2.49. The first kappa shape index (κ1) is 20.6. The van der Waals surface area contributed by atoms with E-state index in [0.29, 0.717) is 31.6 Å². The lowest BCUT2D eigenvalue weighted by Gasteiger charge is -2.39. The highest BCUT2D eigenvalue weighted by atomic mass is 35.5. The number of hydrogen-bond donors (Lipinski definition) is 1. The van der Waals surface area contributed by atoms with E-state index in [-0.39, 0.29) is 36.2 Å². The van der Waals surface area contributed by atoms with Gasteiger partial charge in [-0.3, -0.25) is 9.59 Å². The standard InChI is InChI=1S/C18H23F2N3O2.ClH/c1-12(21)17(25)22-6-4-18(5-7-22)9-16(24)23(11-18)10-13-2-3-14(19)15(20)8-13;/h2-3,8,12H,4-7,9-11,21H2,1H3;1H/t12-;/m1./s1. The minimum Gasteiger partial charge on any atom is -0.341 e. The number of likely N-dealkylation sites (tertiary alicyclic amines) is 2. The molecule has 26 heavy (non-hydrogen) atoms. The van der Waals surface area contributed by atoms with Gasteiger partial charge in [-0.15, -0.1) is 12.4 Å². The summed E-state index contributed by atoms with van der Waals surface area (Å²) in [5.41, 5.74) is 6.10.